The molecule has 1 aliphatic rings. The van der Waals surface area contributed by atoms with E-state index in [2.05, 4.69) is 47.3 Å². The number of nitrogens with one attached hydrogen (secondary N) is 1. The Morgan fingerprint density at radius 1 is 1.03 bits per heavy atom. The molecule has 6 nitrogen and oxygen atoms in total. The Kier molecular flexibility index (Phi) is 8.99. The molecule has 0 spiro atoms. The van der Waals surface area contributed by atoms with Crippen LogP contribution in [0.3, 0.4) is 0 Å². The first kappa shape index (κ1) is 23.7. The molecule has 3 rings (SSSR count). The lowest BCUT2D eigenvalue weighted by atomic mass is 10.1. The second kappa shape index (κ2) is 12.2. The second-order valence-corrected chi connectivity index (χ2v) is 7.96. The second-order valence-electron chi connectivity index (χ2n) is 7.96. The molecule has 1 heterocycles. The molecular weight excluding hydrogens is 402 g/mol. The Morgan fingerprint density at radius 3 is 2.56 bits per heavy atom. The quantitative estimate of drug-likeness (QED) is 0.571. The highest BCUT2D eigenvalue weighted by Gasteiger charge is 2.16. The van der Waals surface area contributed by atoms with Crippen molar-refractivity contribution < 1.29 is 14.3 Å². The molecule has 1 saturated heterocycles. The van der Waals surface area contributed by atoms with Crippen molar-refractivity contribution in [1.82, 2.24) is 10.2 Å². The van der Waals surface area contributed by atoms with Gasteiger partial charge in [-0.2, -0.15) is 0 Å². The number of carbonyl (C=O) groups is 1. The first-order valence-electron chi connectivity index (χ1n) is 11.5. The summed E-state index contributed by atoms with van der Waals surface area (Å²) in [7, 11) is 2.15. The average molecular weight is 438 g/mol. The van der Waals surface area contributed by atoms with Gasteiger partial charge in [0.15, 0.2) is 11.5 Å². The van der Waals surface area contributed by atoms with Crippen LogP contribution in [0.5, 0.6) is 11.5 Å². The molecule has 1 N–H and O–H groups in total. The largest absolute Gasteiger partial charge is 0.490 e. The Hall–Kier alpha value is -2.99. The zero-order valence-electron chi connectivity index (χ0n) is 19.5. The first-order chi connectivity index (χ1) is 15.6. The number of rotatable bonds is 10. The van der Waals surface area contributed by atoms with Gasteiger partial charge in [-0.15, -0.1) is 0 Å². The number of carbonyl (C=O) groups excluding carboxylic acids is 1. The summed E-state index contributed by atoms with van der Waals surface area (Å²) in [5.41, 5.74) is 3.23. The van der Waals surface area contributed by atoms with Gasteiger partial charge in [0.2, 0.25) is 5.91 Å². The van der Waals surface area contributed by atoms with E-state index in [4.69, 9.17) is 9.47 Å². The van der Waals surface area contributed by atoms with E-state index in [0.717, 1.165) is 49.5 Å². The monoisotopic (exact) mass is 437 g/mol. The van der Waals surface area contributed by atoms with E-state index in [-0.39, 0.29) is 5.91 Å². The van der Waals surface area contributed by atoms with Crippen LogP contribution in [-0.4, -0.2) is 57.2 Å². The van der Waals surface area contributed by atoms with Crippen molar-refractivity contribution in [2.45, 2.75) is 26.8 Å². The molecule has 0 aliphatic carbocycles. The maximum absolute atomic E-state index is 12.5. The summed E-state index contributed by atoms with van der Waals surface area (Å²) in [5.74, 6) is 1.31. The lowest BCUT2D eigenvalue weighted by Gasteiger charge is -2.35. The molecular formula is C26H35N3O3. The molecule has 1 fully saturated rings. The van der Waals surface area contributed by atoms with Gasteiger partial charge >= 0.3 is 0 Å². The van der Waals surface area contributed by atoms with Crippen LogP contribution in [0.15, 0.2) is 48.5 Å². The summed E-state index contributed by atoms with van der Waals surface area (Å²) in [6.45, 7) is 9.82. The molecule has 32 heavy (non-hydrogen) atoms. The first-order valence-corrected chi connectivity index (χ1v) is 11.5. The fourth-order valence-corrected chi connectivity index (χ4v) is 3.66. The highest BCUT2D eigenvalue weighted by molar-refractivity contribution is 5.91. The zero-order valence-corrected chi connectivity index (χ0v) is 19.5. The van der Waals surface area contributed by atoms with Crippen molar-refractivity contribution in [1.29, 1.82) is 0 Å². The minimum Gasteiger partial charge on any atom is -0.490 e. The van der Waals surface area contributed by atoms with E-state index >= 15 is 0 Å². The van der Waals surface area contributed by atoms with Crippen LogP contribution in [0, 0.1) is 0 Å². The third kappa shape index (κ3) is 6.76. The van der Waals surface area contributed by atoms with Crippen LogP contribution in [0.2, 0.25) is 0 Å². The number of piperazine rings is 1. The van der Waals surface area contributed by atoms with Crippen LogP contribution in [0.1, 0.15) is 31.4 Å². The Bertz CT molecular complexity index is 905. The number of benzene rings is 2. The van der Waals surface area contributed by atoms with E-state index < -0.39 is 0 Å². The highest BCUT2D eigenvalue weighted by atomic mass is 16.5. The summed E-state index contributed by atoms with van der Waals surface area (Å²) in [6.07, 6.45) is 4.30. The fraction of sp³-hybridized carbons (Fsp3) is 0.423. The smallest absolute Gasteiger partial charge is 0.244 e. The van der Waals surface area contributed by atoms with Gasteiger partial charge in [0, 0.05) is 44.5 Å². The lowest BCUT2D eigenvalue weighted by Crippen LogP contribution is -2.45. The standard InChI is InChI=1S/C26H35N3O3/c1-4-18-32-24-12-10-21(19-25(24)31-5-2)11-13-26(30)27-20-22-8-6-7-9-23(22)29-16-14-28(3)15-17-29/h6-13,19H,4-5,14-18,20H2,1-3H3,(H,27,30)/b13-11+. The molecule has 172 valence electrons. The van der Waals surface area contributed by atoms with Crippen molar-refractivity contribution in [3.05, 3.63) is 59.7 Å². The highest BCUT2D eigenvalue weighted by Crippen LogP contribution is 2.29. The Morgan fingerprint density at radius 2 is 1.81 bits per heavy atom. The minimum atomic E-state index is -0.123. The SMILES string of the molecule is CCCOc1ccc(/C=C/C(=O)NCc2ccccc2N2CCN(C)CC2)cc1OCC. The molecule has 0 bridgehead atoms. The van der Waals surface area contributed by atoms with Gasteiger partial charge in [-0.1, -0.05) is 31.2 Å². The molecule has 1 amide bonds. The lowest BCUT2D eigenvalue weighted by molar-refractivity contribution is -0.116. The Balaban J connectivity index is 1.60. The number of ether oxygens (including phenoxy) is 2. The van der Waals surface area contributed by atoms with Crippen molar-refractivity contribution in [3.63, 3.8) is 0 Å². The van der Waals surface area contributed by atoms with Crippen molar-refractivity contribution in [2.75, 3.05) is 51.3 Å². The number of para-hydroxylation sites is 1. The minimum absolute atomic E-state index is 0.123. The maximum Gasteiger partial charge on any atom is 0.244 e. The molecule has 0 atom stereocenters. The van der Waals surface area contributed by atoms with Gasteiger partial charge in [0.05, 0.1) is 13.2 Å². The molecule has 6 heteroatoms. The Labute approximate surface area is 191 Å². The number of amides is 1. The van der Waals surface area contributed by atoms with Gasteiger partial charge in [-0.3, -0.25) is 4.79 Å². The van der Waals surface area contributed by atoms with Gasteiger partial charge in [0.1, 0.15) is 0 Å². The molecule has 2 aromatic carbocycles. The maximum atomic E-state index is 12.5. The number of anilines is 1. The molecule has 0 unspecified atom stereocenters. The molecule has 0 aromatic heterocycles. The van der Waals surface area contributed by atoms with E-state index in [1.54, 1.807) is 12.2 Å². The van der Waals surface area contributed by atoms with E-state index in [1.807, 2.05) is 31.2 Å². The van der Waals surface area contributed by atoms with Crippen molar-refractivity contribution >= 4 is 17.7 Å². The summed E-state index contributed by atoms with van der Waals surface area (Å²) < 4.78 is 11.4. The normalized spacial score (nSPS) is 14.5. The van der Waals surface area contributed by atoms with Gasteiger partial charge < -0.3 is 24.6 Å². The van der Waals surface area contributed by atoms with Gasteiger partial charge in [0.25, 0.3) is 0 Å². The summed E-state index contributed by atoms with van der Waals surface area (Å²) in [4.78, 5) is 17.2. The zero-order chi connectivity index (χ0) is 22.8. The molecule has 2 aromatic rings. The third-order valence-corrected chi connectivity index (χ3v) is 5.45. The molecule has 0 radical (unpaired) electrons. The summed E-state index contributed by atoms with van der Waals surface area (Å²) in [6, 6.07) is 14.0. The van der Waals surface area contributed by atoms with Crippen LogP contribution >= 0.6 is 0 Å². The van der Waals surface area contributed by atoms with Gasteiger partial charge in [-0.25, -0.2) is 0 Å². The molecule has 0 saturated carbocycles. The molecule has 1 aliphatic heterocycles. The predicted molar refractivity (Wildman–Crippen MR) is 130 cm³/mol. The fourth-order valence-electron chi connectivity index (χ4n) is 3.66. The average Bonchev–Trinajstić information content (AvgIpc) is 2.82. The van der Waals surface area contributed by atoms with Crippen LogP contribution in [0.4, 0.5) is 5.69 Å². The summed E-state index contributed by atoms with van der Waals surface area (Å²) >= 11 is 0. The van der Waals surface area contributed by atoms with E-state index in [9.17, 15) is 4.79 Å². The topological polar surface area (TPSA) is 54.0 Å². The van der Waals surface area contributed by atoms with Crippen LogP contribution < -0.4 is 19.7 Å². The van der Waals surface area contributed by atoms with Crippen LogP contribution in [-0.2, 0) is 11.3 Å². The van der Waals surface area contributed by atoms with E-state index in [1.165, 1.54) is 5.69 Å². The number of hydrogen-bond acceptors (Lipinski definition) is 5. The van der Waals surface area contributed by atoms with Crippen molar-refractivity contribution in [2.24, 2.45) is 0 Å². The summed E-state index contributed by atoms with van der Waals surface area (Å²) in [5, 5.41) is 3.02. The van der Waals surface area contributed by atoms with Crippen molar-refractivity contribution in [3.8, 4) is 11.5 Å². The number of likely N-dealkylation sites (N-methyl/N-ethyl adjacent to an activating group) is 1. The van der Waals surface area contributed by atoms with Gasteiger partial charge in [-0.05, 0) is 55.8 Å². The number of hydrogen-bond donors (Lipinski definition) is 1. The predicted octanol–water partition coefficient (Wildman–Crippen LogP) is 3.96. The van der Waals surface area contributed by atoms with E-state index in [0.29, 0.717) is 25.5 Å². The van der Waals surface area contributed by atoms with Crippen LogP contribution in [0.25, 0.3) is 6.08 Å². The number of nitrogens with zero attached hydrogens (tertiary/aromatic N) is 2. The third-order valence-electron chi connectivity index (χ3n) is 5.45.